The van der Waals surface area contributed by atoms with E-state index in [0.29, 0.717) is 6.42 Å². The van der Waals surface area contributed by atoms with E-state index in [-0.39, 0.29) is 12.5 Å². The number of hydrogen-bond donors (Lipinski definition) is 6. The number of allylic oxidation sites excluding steroid dienone is 5. The number of nitrogens with one attached hydrogen (secondary N) is 1. The molecule has 0 saturated carbocycles. The minimum absolute atomic E-state index is 0.188. The average molecular weight is 892 g/mol. The summed E-state index contributed by atoms with van der Waals surface area (Å²) in [5, 5.41) is 54.3. The normalized spacial score (nSPS) is 20.4. The molecular weight excluding hydrogens is 791 g/mol. The molecule has 0 bridgehead atoms. The Morgan fingerprint density at radius 2 is 0.905 bits per heavy atom. The van der Waals surface area contributed by atoms with Crippen molar-refractivity contribution >= 4 is 5.91 Å². The van der Waals surface area contributed by atoms with E-state index in [1.807, 2.05) is 6.08 Å². The fourth-order valence-corrected chi connectivity index (χ4v) is 8.42. The molecule has 1 aliphatic rings. The third kappa shape index (κ3) is 34.4. The molecule has 1 rings (SSSR count). The zero-order chi connectivity index (χ0) is 45.9. The van der Waals surface area contributed by atoms with Gasteiger partial charge < -0.3 is 40.3 Å². The van der Waals surface area contributed by atoms with Crippen LogP contribution in [-0.2, 0) is 14.3 Å². The fourth-order valence-electron chi connectivity index (χ4n) is 8.42. The summed E-state index contributed by atoms with van der Waals surface area (Å²) in [4.78, 5) is 13.0. The third-order valence-corrected chi connectivity index (χ3v) is 12.7. The lowest BCUT2D eigenvalue weighted by Gasteiger charge is -2.40. The van der Waals surface area contributed by atoms with Gasteiger partial charge in [0, 0.05) is 6.42 Å². The lowest BCUT2D eigenvalue weighted by Crippen LogP contribution is -2.60. The summed E-state index contributed by atoms with van der Waals surface area (Å²) < 4.78 is 11.2. The maximum Gasteiger partial charge on any atom is 0.220 e. The van der Waals surface area contributed by atoms with E-state index in [4.69, 9.17) is 9.47 Å². The van der Waals surface area contributed by atoms with Crippen molar-refractivity contribution in [2.24, 2.45) is 0 Å². The number of hydrogen-bond acceptors (Lipinski definition) is 8. The van der Waals surface area contributed by atoms with Gasteiger partial charge in [-0.3, -0.25) is 4.79 Å². The second-order valence-corrected chi connectivity index (χ2v) is 18.7. The highest BCUT2D eigenvalue weighted by molar-refractivity contribution is 5.76. The largest absolute Gasteiger partial charge is 0.394 e. The Morgan fingerprint density at radius 3 is 1.33 bits per heavy atom. The predicted molar refractivity (Wildman–Crippen MR) is 263 cm³/mol. The molecule has 0 radical (unpaired) electrons. The van der Waals surface area contributed by atoms with E-state index in [1.165, 1.54) is 180 Å². The molecule has 0 spiro atoms. The Bertz CT molecular complexity index is 1080. The van der Waals surface area contributed by atoms with Crippen molar-refractivity contribution in [2.75, 3.05) is 13.2 Å². The molecule has 0 aromatic heterocycles. The van der Waals surface area contributed by atoms with E-state index in [2.05, 4.69) is 43.5 Å². The summed E-state index contributed by atoms with van der Waals surface area (Å²) in [6.45, 7) is 3.77. The highest BCUT2D eigenvalue weighted by Crippen LogP contribution is 2.23. The van der Waals surface area contributed by atoms with Gasteiger partial charge in [0.25, 0.3) is 0 Å². The number of aliphatic hydroxyl groups excluding tert-OH is 5. The minimum Gasteiger partial charge on any atom is -0.394 e. The van der Waals surface area contributed by atoms with Crippen LogP contribution < -0.4 is 5.32 Å². The van der Waals surface area contributed by atoms with Crippen molar-refractivity contribution in [3.63, 3.8) is 0 Å². The Kier molecular flexibility index (Phi) is 41.7. The fraction of sp³-hybridized carbons (Fsp3) is 0.870. The summed E-state index contributed by atoms with van der Waals surface area (Å²) >= 11 is 0. The standard InChI is InChI=1S/C54H101NO8/c1-3-5-7-9-11-13-15-17-19-21-22-23-24-25-26-27-28-29-31-33-35-37-39-41-43-48(57)47(46-62-54-53(61)52(60)51(59)49(45-56)63-54)55-50(58)44-42-40-38-36-34-32-30-20-18-16-14-12-10-8-6-4-2/h27-28,33,35,41,43,47-49,51-54,56-57,59-61H,3-26,29-32,34,36-40,42,44-46H2,1-2H3,(H,55,58)/b28-27+,35-33+,43-41+. The number of aliphatic hydroxyl groups is 5. The zero-order valence-corrected chi connectivity index (χ0v) is 40.8. The molecule has 370 valence electrons. The number of rotatable bonds is 45. The van der Waals surface area contributed by atoms with Crippen molar-refractivity contribution in [1.29, 1.82) is 0 Å². The minimum atomic E-state index is -1.57. The van der Waals surface area contributed by atoms with Crippen LogP contribution in [0.3, 0.4) is 0 Å². The van der Waals surface area contributed by atoms with Gasteiger partial charge in [0.1, 0.15) is 24.4 Å². The van der Waals surface area contributed by atoms with E-state index >= 15 is 0 Å². The first-order chi connectivity index (χ1) is 30.8. The second kappa shape index (κ2) is 44.3. The van der Waals surface area contributed by atoms with E-state index < -0.39 is 49.5 Å². The van der Waals surface area contributed by atoms with E-state index in [0.717, 1.165) is 44.9 Å². The Labute approximate surface area is 387 Å². The average Bonchev–Trinajstić information content (AvgIpc) is 3.28. The summed E-state index contributed by atoms with van der Waals surface area (Å²) in [6.07, 6.45) is 49.2. The van der Waals surface area contributed by atoms with Crippen LogP contribution in [0.4, 0.5) is 0 Å². The SMILES string of the molecule is CCCCCCCCCCCCCCCC/C=C/CC/C=C/CC/C=C/C(O)C(COC1OC(CO)C(O)C(O)C1O)NC(=O)CCCCCCCCCCCCCCCCCC. The number of carbonyl (C=O) groups is 1. The van der Waals surface area contributed by atoms with Crippen LogP contribution in [-0.4, -0.2) is 87.5 Å². The summed E-state index contributed by atoms with van der Waals surface area (Å²) in [5.74, 6) is -0.188. The Hall–Kier alpha value is -1.59. The first-order valence-electron chi connectivity index (χ1n) is 26.7. The summed E-state index contributed by atoms with van der Waals surface area (Å²) in [6, 6.07) is -0.825. The zero-order valence-electron chi connectivity index (χ0n) is 40.8. The molecule has 1 heterocycles. The van der Waals surface area contributed by atoms with Crippen LogP contribution in [0.25, 0.3) is 0 Å². The maximum absolute atomic E-state index is 13.0. The molecule has 0 aromatic carbocycles. The van der Waals surface area contributed by atoms with Crippen LogP contribution in [0.2, 0.25) is 0 Å². The first-order valence-corrected chi connectivity index (χ1v) is 26.7. The molecular formula is C54H101NO8. The van der Waals surface area contributed by atoms with Gasteiger partial charge >= 0.3 is 0 Å². The molecule has 9 nitrogen and oxygen atoms in total. The van der Waals surface area contributed by atoms with Gasteiger partial charge in [0.2, 0.25) is 5.91 Å². The van der Waals surface area contributed by atoms with Crippen molar-refractivity contribution in [3.8, 4) is 0 Å². The van der Waals surface area contributed by atoms with Gasteiger partial charge in [0.05, 0.1) is 25.4 Å². The first kappa shape index (κ1) is 59.4. The summed E-state index contributed by atoms with van der Waals surface area (Å²) in [7, 11) is 0. The quantitative estimate of drug-likeness (QED) is 0.0261. The smallest absolute Gasteiger partial charge is 0.220 e. The maximum atomic E-state index is 13.0. The van der Waals surface area contributed by atoms with Gasteiger partial charge in [-0.1, -0.05) is 230 Å². The molecule has 1 fully saturated rings. The van der Waals surface area contributed by atoms with Crippen molar-refractivity contribution in [3.05, 3.63) is 36.5 Å². The molecule has 0 aliphatic carbocycles. The molecule has 9 heteroatoms. The van der Waals surface area contributed by atoms with Crippen molar-refractivity contribution in [2.45, 2.75) is 288 Å². The lowest BCUT2D eigenvalue weighted by atomic mass is 9.99. The molecule has 1 aliphatic heterocycles. The van der Waals surface area contributed by atoms with Crippen LogP contribution in [0.5, 0.6) is 0 Å². The third-order valence-electron chi connectivity index (χ3n) is 12.7. The molecule has 7 unspecified atom stereocenters. The van der Waals surface area contributed by atoms with Crippen LogP contribution in [0.15, 0.2) is 36.5 Å². The highest BCUT2D eigenvalue weighted by Gasteiger charge is 2.44. The predicted octanol–water partition coefficient (Wildman–Crippen LogP) is 12.4. The van der Waals surface area contributed by atoms with Gasteiger partial charge in [-0.25, -0.2) is 0 Å². The molecule has 7 atom stereocenters. The summed E-state index contributed by atoms with van der Waals surface area (Å²) in [5.41, 5.74) is 0. The van der Waals surface area contributed by atoms with E-state index in [1.54, 1.807) is 6.08 Å². The molecule has 6 N–H and O–H groups in total. The van der Waals surface area contributed by atoms with Gasteiger partial charge in [0.15, 0.2) is 6.29 Å². The number of ether oxygens (including phenoxy) is 2. The Balaban J connectivity index is 2.30. The number of carbonyl (C=O) groups excluding carboxylic acids is 1. The van der Waals surface area contributed by atoms with Gasteiger partial charge in [-0.05, 0) is 44.9 Å². The monoisotopic (exact) mass is 892 g/mol. The van der Waals surface area contributed by atoms with Crippen LogP contribution >= 0.6 is 0 Å². The molecule has 1 amide bonds. The lowest BCUT2D eigenvalue weighted by molar-refractivity contribution is -0.302. The van der Waals surface area contributed by atoms with Crippen LogP contribution in [0, 0.1) is 0 Å². The van der Waals surface area contributed by atoms with Crippen molar-refractivity contribution in [1.82, 2.24) is 5.32 Å². The number of unbranched alkanes of at least 4 members (excludes halogenated alkanes) is 31. The van der Waals surface area contributed by atoms with E-state index in [9.17, 15) is 30.3 Å². The molecule has 63 heavy (non-hydrogen) atoms. The Morgan fingerprint density at radius 1 is 0.524 bits per heavy atom. The van der Waals surface area contributed by atoms with Gasteiger partial charge in [-0.2, -0.15) is 0 Å². The van der Waals surface area contributed by atoms with Crippen LogP contribution in [0.1, 0.15) is 245 Å². The topological polar surface area (TPSA) is 149 Å². The highest BCUT2D eigenvalue weighted by atomic mass is 16.7. The second-order valence-electron chi connectivity index (χ2n) is 18.7. The number of amides is 1. The molecule has 0 aromatic rings. The molecule has 1 saturated heterocycles. The van der Waals surface area contributed by atoms with Crippen molar-refractivity contribution < 1.29 is 39.8 Å². The van der Waals surface area contributed by atoms with Gasteiger partial charge in [-0.15, -0.1) is 0 Å².